The Hall–Kier alpha value is -2.09. The van der Waals surface area contributed by atoms with Gasteiger partial charge in [-0.3, -0.25) is 0 Å². The smallest absolute Gasteiger partial charge is 0.338 e. The average Bonchev–Trinajstić information content (AvgIpc) is 2.48. The number of esters is 1. The third-order valence-corrected chi connectivity index (χ3v) is 3.22. The van der Waals surface area contributed by atoms with E-state index in [4.69, 9.17) is 4.74 Å². The zero-order valence-corrected chi connectivity index (χ0v) is 11.3. The number of carbonyl (C=O) groups is 1. The van der Waals surface area contributed by atoms with Crippen LogP contribution < -0.4 is 0 Å². The summed E-state index contributed by atoms with van der Waals surface area (Å²) in [4.78, 5) is 11.6. The lowest BCUT2D eigenvalue weighted by Crippen LogP contribution is -2.05. The van der Waals surface area contributed by atoms with Gasteiger partial charge in [-0.2, -0.15) is 0 Å². The summed E-state index contributed by atoms with van der Waals surface area (Å²) in [5.41, 5.74) is 3.07. The predicted octanol–water partition coefficient (Wildman–Crippen LogP) is 4.02. The van der Waals surface area contributed by atoms with Gasteiger partial charge >= 0.3 is 5.97 Å². The van der Waals surface area contributed by atoms with Gasteiger partial charge in [-0.15, -0.1) is 0 Å². The Morgan fingerprint density at radius 3 is 2.16 bits per heavy atom. The van der Waals surface area contributed by atoms with Crippen molar-refractivity contribution in [2.45, 2.75) is 19.8 Å². The number of rotatable bonds is 4. The van der Waals surface area contributed by atoms with Crippen molar-refractivity contribution in [1.82, 2.24) is 0 Å². The Bertz CT molecular complexity index is 529. The summed E-state index contributed by atoms with van der Waals surface area (Å²) in [5.74, 6) is 0.0545. The van der Waals surface area contributed by atoms with Crippen LogP contribution >= 0.6 is 0 Å². The second kappa shape index (κ2) is 6.19. The molecule has 0 radical (unpaired) electrons. The second-order valence-corrected chi connectivity index (χ2v) is 4.47. The van der Waals surface area contributed by atoms with Crippen molar-refractivity contribution in [2.75, 3.05) is 6.61 Å². The predicted molar refractivity (Wildman–Crippen MR) is 76.4 cm³/mol. The van der Waals surface area contributed by atoms with Crippen LogP contribution in [0.3, 0.4) is 0 Å². The molecular formula is C17H18O2. The number of carbonyl (C=O) groups excluding carboxylic acids is 1. The van der Waals surface area contributed by atoms with Gasteiger partial charge in [0.2, 0.25) is 0 Å². The van der Waals surface area contributed by atoms with Gasteiger partial charge in [-0.05, 0) is 30.2 Å². The summed E-state index contributed by atoms with van der Waals surface area (Å²) in [5, 5.41) is 0. The van der Waals surface area contributed by atoms with E-state index in [0.29, 0.717) is 18.1 Å². The van der Waals surface area contributed by atoms with Gasteiger partial charge in [0.25, 0.3) is 0 Å². The van der Waals surface area contributed by atoms with Crippen molar-refractivity contribution in [3.05, 3.63) is 71.3 Å². The van der Waals surface area contributed by atoms with Crippen molar-refractivity contribution in [2.24, 2.45) is 0 Å². The quantitative estimate of drug-likeness (QED) is 0.770. The highest BCUT2D eigenvalue weighted by Crippen LogP contribution is 2.24. The lowest BCUT2D eigenvalue weighted by molar-refractivity contribution is 0.0526. The van der Waals surface area contributed by atoms with Crippen LogP contribution in [-0.4, -0.2) is 12.6 Å². The molecule has 0 aliphatic rings. The van der Waals surface area contributed by atoms with Crippen LogP contribution in [0.15, 0.2) is 54.6 Å². The van der Waals surface area contributed by atoms with E-state index in [1.54, 1.807) is 0 Å². The fourth-order valence-electron chi connectivity index (χ4n) is 2.06. The lowest BCUT2D eigenvalue weighted by Gasteiger charge is -2.12. The second-order valence-electron chi connectivity index (χ2n) is 4.47. The first-order valence-electron chi connectivity index (χ1n) is 6.54. The largest absolute Gasteiger partial charge is 0.462 e. The van der Waals surface area contributed by atoms with E-state index >= 15 is 0 Å². The highest BCUT2D eigenvalue weighted by molar-refractivity contribution is 5.89. The monoisotopic (exact) mass is 254 g/mol. The summed E-state index contributed by atoms with van der Waals surface area (Å²) >= 11 is 0. The Balaban J connectivity index is 2.16. The Kier molecular flexibility index (Phi) is 4.35. The van der Waals surface area contributed by atoms with E-state index in [9.17, 15) is 4.79 Å². The molecule has 2 aromatic carbocycles. The average molecular weight is 254 g/mol. The van der Waals surface area contributed by atoms with Gasteiger partial charge in [-0.1, -0.05) is 49.4 Å². The molecule has 2 heteroatoms. The highest BCUT2D eigenvalue weighted by Gasteiger charge is 2.10. The molecule has 98 valence electrons. The van der Waals surface area contributed by atoms with E-state index in [1.807, 2.05) is 49.4 Å². The van der Waals surface area contributed by atoms with Gasteiger partial charge in [0.05, 0.1) is 12.2 Å². The lowest BCUT2D eigenvalue weighted by atomic mass is 9.93. The third kappa shape index (κ3) is 3.22. The molecule has 19 heavy (non-hydrogen) atoms. The normalized spacial score (nSPS) is 11.9. The van der Waals surface area contributed by atoms with Gasteiger partial charge in [0.1, 0.15) is 0 Å². The topological polar surface area (TPSA) is 26.3 Å². The highest BCUT2D eigenvalue weighted by atomic mass is 16.5. The van der Waals surface area contributed by atoms with Crippen molar-refractivity contribution in [3.8, 4) is 0 Å². The standard InChI is InChI=1S/C17H18O2/c1-3-19-17(18)16-11-9-15(10-12-16)13(2)14-7-5-4-6-8-14/h4-13H,3H2,1-2H3. The van der Waals surface area contributed by atoms with Gasteiger partial charge in [-0.25, -0.2) is 4.79 Å². The SMILES string of the molecule is CCOC(=O)c1ccc(C(C)c2ccccc2)cc1. The summed E-state index contributed by atoms with van der Waals surface area (Å²) in [7, 11) is 0. The third-order valence-electron chi connectivity index (χ3n) is 3.22. The minimum Gasteiger partial charge on any atom is -0.462 e. The van der Waals surface area contributed by atoms with E-state index in [1.165, 1.54) is 11.1 Å². The molecule has 0 bridgehead atoms. The first kappa shape index (κ1) is 13.3. The Morgan fingerprint density at radius 2 is 1.58 bits per heavy atom. The van der Waals surface area contributed by atoms with Crippen molar-refractivity contribution < 1.29 is 9.53 Å². The van der Waals surface area contributed by atoms with Gasteiger partial charge < -0.3 is 4.74 Å². The zero-order valence-electron chi connectivity index (χ0n) is 11.3. The minimum atomic E-state index is -0.263. The molecule has 0 heterocycles. The van der Waals surface area contributed by atoms with Gasteiger partial charge in [0.15, 0.2) is 0 Å². The fraction of sp³-hybridized carbons (Fsp3) is 0.235. The molecule has 0 aromatic heterocycles. The zero-order chi connectivity index (χ0) is 13.7. The molecule has 0 aliphatic heterocycles. The molecule has 0 aliphatic carbocycles. The van der Waals surface area contributed by atoms with Crippen LogP contribution in [0.25, 0.3) is 0 Å². The molecule has 0 saturated heterocycles. The number of hydrogen-bond donors (Lipinski definition) is 0. The molecule has 1 unspecified atom stereocenters. The van der Waals surface area contributed by atoms with Crippen LogP contribution in [0.5, 0.6) is 0 Å². The molecule has 2 rings (SSSR count). The molecule has 0 amide bonds. The summed E-state index contributed by atoms with van der Waals surface area (Å²) < 4.78 is 4.97. The summed E-state index contributed by atoms with van der Waals surface area (Å²) in [6, 6.07) is 18.0. The maximum absolute atomic E-state index is 11.6. The molecular weight excluding hydrogens is 236 g/mol. The summed E-state index contributed by atoms with van der Waals surface area (Å²) in [6.07, 6.45) is 0. The van der Waals surface area contributed by atoms with Crippen molar-refractivity contribution in [3.63, 3.8) is 0 Å². The maximum atomic E-state index is 11.6. The molecule has 1 atom stereocenters. The van der Waals surface area contributed by atoms with Crippen LogP contribution in [-0.2, 0) is 4.74 Å². The van der Waals surface area contributed by atoms with E-state index in [0.717, 1.165) is 0 Å². The van der Waals surface area contributed by atoms with Crippen molar-refractivity contribution >= 4 is 5.97 Å². The van der Waals surface area contributed by atoms with Crippen LogP contribution in [0.2, 0.25) is 0 Å². The number of benzene rings is 2. The van der Waals surface area contributed by atoms with Crippen LogP contribution in [0, 0.1) is 0 Å². The summed E-state index contributed by atoms with van der Waals surface area (Å²) in [6.45, 7) is 4.37. The van der Waals surface area contributed by atoms with Crippen LogP contribution in [0.4, 0.5) is 0 Å². The minimum absolute atomic E-state index is 0.263. The molecule has 2 aromatic rings. The van der Waals surface area contributed by atoms with Gasteiger partial charge in [0, 0.05) is 5.92 Å². The Morgan fingerprint density at radius 1 is 1.00 bits per heavy atom. The molecule has 0 saturated carbocycles. The first-order chi connectivity index (χ1) is 9.22. The fourth-order valence-corrected chi connectivity index (χ4v) is 2.06. The van der Waals surface area contributed by atoms with E-state index in [-0.39, 0.29) is 5.97 Å². The van der Waals surface area contributed by atoms with E-state index in [2.05, 4.69) is 19.1 Å². The Labute approximate surface area is 114 Å². The molecule has 0 spiro atoms. The number of hydrogen-bond acceptors (Lipinski definition) is 2. The maximum Gasteiger partial charge on any atom is 0.338 e. The molecule has 0 fully saturated rings. The first-order valence-corrected chi connectivity index (χ1v) is 6.54. The number of ether oxygens (including phenoxy) is 1. The van der Waals surface area contributed by atoms with E-state index < -0.39 is 0 Å². The van der Waals surface area contributed by atoms with Crippen LogP contribution in [0.1, 0.15) is 41.3 Å². The molecule has 0 N–H and O–H groups in total. The molecule has 2 nitrogen and oxygen atoms in total. The van der Waals surface area contributed by atoms with Crippen molar-refractivity contribution in [1.29, 1.82) is 0 Å².